The number of hydrogen-bond donors (Lipinski definition) is 2. The number of nitrogens with zero attached hydrogens (tertiary/aromatic N) is 2. The van der Waals surface area contributed by atoms with Crippen molar-refractivity contribution < 1.29 is 14.3 Å². The number of ether oxygens (including phenoxy) is 2. The van der Waals surface area contributed by atoms with Gasteiger partial charge < -0.3 is 14.8 Å². The molecule has 0 aliphatic carbocycles. The van der Waals surface area contributed by atoms with Crippen LogP contribution in [0.2, 0.25) is 0 Å². The zero-order valence-corrected chi connectivity index (χ0v) is 14.7. The number of amides is 2. The third-order valence-corrected chi connectivity index (χ3v) is 4.79. The minimum absolute atomic E-state index is 0.405. The van der Waals surface area contributed by atoms with Crippen molar-refractivity contribution in [1.82, 2.24) is 4.98 Å². The van der Waals surface area contributed by atoms with Gasteiger partial charge in [-0.1, -0.05) is 30.2 Å². The zero-order valence-electron chi connectivity index (χ0n) is 13.0. The van der Waals surface area contributed by atoms with E-state index in [1.54, 1.807) is 38.5 Å². The Bertz CT molecular complexity index is 882. The number of rotatable bonds is 4. The number of fused-ring (bicyclic) bond motifs is 1. The van der Waals surface area contributed by atoms with Crippen molar-refractivity contribution in [3.05, 3.63) is 42.5 Å². The molecule has 3 aromatic rings. The summed E-state index contributed by atoms with van der Waals surface area (Å²) in [5, 5.41) is 3.23. The summed E-state index contributed by atoms with van der Waals surface area (Å²) in [6.07, 6.45) is 0. The molecule has 0 aliphatic rings. The van der Waals surface area contributed by atoms with E-state index in [1.165, 1.54) is 15.6 Å². The normalized spacial score (nSPS) is 10.5. The van der Waals surface area contributed by atoms with Gasteiger partial charge >= 0.3 is 6.03 Å². The summed E-state index contributed by atoms with van der Waals surface area (Å²) in [6, 6.07) is 12.2. The van der Waals surface area contributed by atoms with Crippen LogP contribution in [0, 0.1) is 0 Å². The molecule has 8 heteroatoms. The lowest BCUT2D eigenvalue weighted by molar-refractivity contribution is 0.260. The number of thiol groups is 1. The van der Waals surface area contributed by atoms with Gasteiger partial charge in [-0.15, -0.1) is 0 Å². The molecule has 1 heterocycles. The van der Waals surface area contributed by atoms with Crippen LogP contribution in [0.25, 0.3) is 10.2 Å². The maximum Gasteiger partial charge on any atom is 0.338 e. The molecule has 1 aromatic heterocycles. The van der Waals surface area contributed by atoms with Gasteiger partial charge in [0.1, 0.15) is 11.5 Å². The SMILES string of the molecule is COc1cccc(NC(=O)N(S)c2nc3ccc(OC)cc3s2)c1. The van der Waals surface area contributed by atoms with Crippen LogP contribution in [-0.2, 0) is 0 Å². The van der Waals surface area contributed by atoms with E-state index in [2.05, 4.69) is 23.1 Å². The number of thiazole rings is 1. The van der Waals surface area contributed by atoms with Crippen molar-refractivity contribution in [1.29, 1.82) is 0 Å². The van der Waals surface area contributed by atoms with Crippen molar-refractivity contribution in [2.24, 2.45) is 0 Å². The minimum atomic E-state index is -0.405. The van der Waals surface area contributed by atoms with Gasteiger partial charge in [0.15, 0.2) is 0 Å². The van der Waals surface area contributed by atoms with E-state index in [-0.39, 0.29) is 0 Å². The topological polar surface area (TPSA) is 63.7 Å². The molecule has 1 N–H and O–H groups in total. The highest BCUT2D eigenvalue weighted by molar-refractivity contribution is 7.83. The van der Waals surface area contributed by atoms with Crippen LogP contribution < -0.4 is 19.1 Å². The molecule has 0 aliphatic heterocycles. The summed E-state index contributed by atoms with van der Waals surface area (Å²) >= 11 is 5.61. The second-order valence-corrected chi connectivity index (χ2v) is 6.21. The molecule has 3 rings (SSSR count). The van der Waals surface area contributed by atoms with E-state index in [1.807, 2.05) is 18.2 Å². The van der Waals surface area contributed by atoms with E-state index in [9.17, 15) is 4.79 Å². The summed E-state index contributed by atoms with van der Waals surface area (Å²) in [5.74, 6) is 1.40. The Labute approximate surface area is 148 Å². The van der Waals surface area contributed by atoms with Gasteiger partial charge in [-0.3, -0.25) is 0 Å². The van der Waals surface area contributed by atoms with E-state index >= 15 is 0 Å². The summed E-state index contributed by atoms with van der Waals surface area (Å²) in [4.78, 5) is 16.8. The molecule has 0 fully saturated rings. The van der Waals surface area contributed by atoms with Crippen molar-refractivity contribution in [2.45, 2.75) is 0 Å². The lowest BCUT2D eigenvalue weighted by Gasteiger charge is -2.13. The molecule has 2 aromatic carbocycles. The van der Waals surface area contributed by atoms with E-state index in [4.69, 9.17) is 9.47 Å². The maximum atomic E-state index is 12.4. The first-order valence-corrected chi connectivity index (χ1v) is 8.21. The van der Waals surface area contributed by atoms with Crippen LogP contribution in [0.1, 0.15) is 0 Å². The van der Waals surface area contributed by atoms with Crippen LogP contribution in [0.4, 0.5) is 15.6 Å². The highest BCUT2D eigenvalue weighted by Crippen LogP contribution is 2.32. The van der Waals surface area contributed by atoms with Crippen LogP contribution in [-0.4, -0.2) is 25.2 Å². The molecule has 0 saturated carbocycles. The summed E-state index contributed by atoms with van der Waals surface area (Å²) in [7, 11) is 3.18. The van der Waals surface area contributed by atoms with Gasteiger partial charge in [-0.2, -0.15) is 0 Å². The van der Waals surface area contributed by atoms with Crippen molar-refractivity contribution in [3.8, 4) is 11.5 Å². The average Bonchev–Trinajstić information content (AvgIpc) is 3.04. The summed E-state index contributed by atoms with van der Waals surface area (Å²) in [5.41, 5.74) is 1.39. The van der Waals surface area contributed by atoms with Crippen LogP contribution >= 0.6 is 24.2 Å². The number of urea groups is 1. The Morgan fingerprint density at radius 1 is 1.17 bits per heavy atom. The van der Waals surface area contributed by atoms with E-state index in [0.29, 0.717) is 16.6 Å². The fourth-order valence-corrected chi connectivity index (χ4v) is 3.20. The number of carbonyl (C=O) groups excluding carboxylic acids is 1. The Balaban J connectivity index is 1.79. The first-order valence-electron chi connectivity index (χ1n) is 6.99. The van der Waals surface area contributed by atoms with Gasteiger partial charge in [0, 0.05) is 11.8 Å². The lowest BCUT2D eigenvalue weighted by Crippen LogP contribution is -2.26. The molecular weight excluding hydrogens is 346 g/mol. The predicted octanol–water partition coefficient (Wildman–Crippen LogP) is 4.20. The molecule has 124 valence electrons. The molecule has 0 unspecified atom stereocenters. The van der Waals surface area contributed by atoms with Crippen LogP contribution in [0.15, 0.2) is 42.5 Å². The Morgan fingerprint density at radius 3 is 2.67 bits per heavy atom. The number of hydrogen-bond acceptors (Lipinski definition) is 6. The average molecular weight is 361 g/mol. The summed E-state index contributed by atoms with van der Waals surface area (Å²) < 4.78 is 12.4. The standard InChI is InChI=1S/C16H15N3O3S2/c1-21-11-5-3-4-10(8-11)17-15(20)19(23)16-18-13-7-6-12(22-2)9-14(13)24-16/h3-9,23H,1-2H3,(H,17,20). The molecule has 0 spiro atoms. The molecule has 6 nitrogen and oxygen atoms in total. The third kappa shape index (κ3) is 3.39. The number of methoxy groups -OCH3 is 2. The predicted molar refractivity (Wildman–Crippen MR) is 99.6 cm³/mol. The Kier molecular flexibility index (Phi) is 4.77. The van der Waals surface area contributed by atoms with E-state index in [0.717, 1.165) is 16.0 Å². The van der Waals surface area contributed by atoms with Crippen LogP contribution in [0.3, 0.4) is 0 Å². The monoisotopic (exact) mass is 361 g/mol. The zero-order chi connectivity index (χ0) is 17.1. The smallest absolute Gasteiger partial charge is 0.338 e. The highest BCUT2D eigenvalue weighted by Gasteiger charge is 2.17. The first-order chi connectivity index (χ1) is 11.6. The molecule has 0 atom stereocenters. The molecule has 0 bridgehead atoms. The minimum Gasteiger partial charge on any atom is -0.497 e. The largest absolute Gasteiger partial charge is 0.497 e. The van der Waals surface area contributed by atoms with Gasteiger partial charge in [-0.25, -0.2) is 14.1 Å². The number of carbonyl (C=O) groups is 1. The molecule has 0 saturated heterocycles. The number of anilines is 2. The molecule has 0 radical (unpaired) electrons. The highest BCUT2D eigenvalue weighted by atomic mass is 32.1. The van der Waals surface area contributed by atoms with Crippen molar-refractivity contribution >= 4 is 51.2 Å². The second kappa shape index (κ2) is 6.98. The van der Waals surface area contributed by atoms with Gasteiger partial charge in [0.25, 0.3) is 0 Å². The quantitative estimate of drug-likeness (QED) is 0.684. The van der Waals surface area contributed by atoms with Crippen molar-refractivity contribution in [3.63, 3.8) is 0 Å². The lowest BCUT2D eigenvalue weighted by atomic mass is 10.3. The first kappa shape index (κ1) is 16.4. The third-order valence-electron chi connectivity index (χ3n) is 3.28. The number of aromatic nitrogens is 1. The Morgan fingerprint density at radius 2 is 1.92 bits per heavy atom. The molecule has 24 heavy (non-hydrogen) atoms. The fourth-order valence-electron chi connectivity index (χ4n) is 2.07. The fraction of sp³-hybridized carbons (Fsp3) is 0.125. The number of nitrogens with one attached hydrogen (secondary N) is 1. The van der Waals surface area contributed by atoms with E-state index < -0.39 is 6.03 Å². The van der Waals surface area contributed by atoms with Crippen LogP contribution in [0.5, 0.6) is 11.5 Å². The van der Waals surface area contributed by atoms with Crippen molar-refractivity contribution in [2.75, 3.05) is 23.8 Å². The number of benzene rings is 2. The maximum absolute atomic E-state index is 12.4. The molecule has 2 amide bonds. The molecular formula is C16H15N3O3S2. The second-order valence-electron chi connectivity index (χ2n) is 4.80. The summed E-state index contributed by atoms with van der Waals surface area (Å²) in [6.45, 7) is 0. The Hall–Kier alpha value is -2.45. The van der Waals surface area contributed by atoms with Gasteiger partial charge in [0.05, 0.1) is 24.4 Å². The van der Waals surface area contributed by atoms with Gasteiger partial charge in [0.2, 0.25) is 5.13 Å². The van der Waals surface area contributed by atoms with Gasteiger partial charge in [-0.05, 0) is 30.3 Å².